The normalized spacial score (nSPS) is 17.9. The quantitative estimate of drug-likeness (QED) is 0.325. The van der Waals surface area contributed by atoms with E-state index in [-0.39, 0.29) is 12.4 Å². The number of fused-ring (bicyclic) bond motifs is 2. The molecule has 36 heavy (non-hydrogen) atoms. The lowest BCUT2D eigenvalue weighted by Gasteiger charge is -2.38. The number of anilines is 3. The Morgan fingerprint density at radius 3 is 1.94 bits per heavy atom. The van der Waals surface area contributed by atoms with Crippen molar-refractivity contribution in [3.8, 4) is 5.75 Å². The summed E-state index contributed by atoms with van der Waals surface area (Å²) < 4.78 is 6.41. The van der Waals surface area contributed by atoms with Crippen molar-refractivity contribution in [3.05, 3.63) is 72.8 Å². The molecule has 0 N–H and O–H groups in total. The third kappa shape index (κ3) is 5.49. The molecule has 1 saturated heterocycles. The van der Waals surface area contributed by atoms with Crippen molar-refractivity contribution in [3.63, 3.8) is 0 Å². The summed E-state index contributed by atoms with van der Waals surface area (Å²) >= 11 is 1.89. The van der Waals surface area contributed by atoms with Crippen LogP contribution in [-0.2, 0) is 0 Å². The van der Waals surface area contributed by atoms with E-state index in [1.165, 1.54) is 52.5 Å². The molecule has 4 nitrogen and oxygen atoms in total. The SMILES string of the molecule is Cl.c1ccc(N2CCN(CCCN3c4ccccc4Sc4ccccc43)CC2)c(OC2CCCC2)c1. The van der Waals surface area contributed by atoms with Crippen LogP contribution < -0.4 is 14.5 Å². The molecule has 1 saturated carbocycles. The molecule has 2 fully saturated rings. The van der Waals surface area contributed by atoms with Crippen molar-refractivity contribution in [2.75, 3.05) is 49.1 Å². The van der Waals surface area contributed by atoms with Gasteiger partial charge in [-0.1, -0.05) is 48.2 Å². The van der Waals surface area contributed by atoms with Gasteiger partial charge in [0.05, 0.1) is 23.2 Å². The fourth-order valence-electron chi connectivity index (χ4n) is 5.69. The highest BCUT2D eigenvalue weighted by atomic mass is 35.5. The summed E-state index contributed by atoms with van der Waals surface area (Å²) in [6, 6.07) is 26.3. The van der Waals surface area contributed by atoms with Crippen molar-refractivity contribution in [2.45, 2.75) is 48.0 Å². The Morgan fingerprint density at radius 2 is 1.28 bits per heavy atom. The van der Waals surface area contributed by atoms with Crippen LogP contribution in [0.25, 0.3) is 0 Å². The minimum Gasteiger partial charge on any atom is -0.488 e. The van der Waals surface area contributed by atoms with Crippen LogP contribution in [0.1, 0.15) is 32.1 Å². The van der Waals surface area contributed by atoms with E-state index in [2.05, 4.69) is 87.5 Å². The minimum absolute atomic E-state index is 0. The van der Waals surface area contributed by atoms with Gasteiger partial charge in [-0.15, -0.1) is 12.4 Å². The number of benzene rings is 3. The number of rotatable bonds is 7. The second-order valence-electron chi connectivity index (χ2n) is 9.86. The van der Waals surface area contributed by atoms with Crippen LogP contribution in [0.4, 0.5) is 17.1 Å². The average Bonchev–Trinajstić information content (AvgIpc) is 3.42. The minimum atomic E-state index is 0. The zero-order valence-electron chi connectivity index (χ0n) is 20.9. The van der Waals surface area contributed by atoms with Crippen molar-refractivity contribution < 1.29 is 4.74 Å². The molecule has 0 bridgehead atoms. The zero-order valence-corrected chi connectivity index (χ0v) is 22.5. The lowest BCUT2D eigenvalue weighted by Crippen LogP contribution is -2.47. The molecular weight excluding hydrogens is 486 g/mol. The fourth-order valence-corrected chi connectivity index (χ4v) is 6.79. The third-order valence-electron chi connectivity index (χ3n) is 7.56. The monoisotopic (exact) mass is 521 g/mol. The van der Waals surface area contributed by atoms with Crippen molar-refractivity contribution in [2.24, 2.45) is 0 Å². The Labute approximate surface area is 226 Å². The van der Waals surface area contributed by atoms with E-state index >= 15 is 0 Å². The predicted octanol–water partition coefficient (Wildman–Crippen LogP) is 7.24. The van der Waals surface area contributed by atoms with Crippen molar-refractivity contribution in [1.82, 2.24) is 4.90 Å². The number of halogens is 1. The summed E-state index contributed by atoms with van der Waals surface area (Å²) in [5, 5.41) is 0. The van der Waals surface area contributed by atoms with Crippen LogP contribution in [0.15, 0.2) is 82.6 Å². The highest BCUT2D eigenvalue weighted by molar-refractivity contribution is 7.99. The van der Waals surface area contributed by atoms with Gasteiger partial charge in [0.2, 0.25) is 0 Å². The van der Waals surface area contributed by atoms with Crippen molar-refractivity contribution >= 4 is 41.2 Å². The van der Waals surface area contributed by atoms with Gasteiger partial charge in [0.1, 0.15) is 5.75 Å². The summed E-state index contributed by atoms with van der Waals surface area (Å²) in [5.74, 6) is 1.08. The number of nitrogens with zero attached hydrogens (tertiary/aromatic N) is 3. The lowest BCUT2D eigenvalue weighted by molar-refractivity contribution is 0.209. The molecule has 6 heteroatoms. The Morgan fingerprint density at radius 1 is 0.694 bits per heavy atom. The van der Waals surface area contributed by atoms with Gasteiger partial charge in [-0.2, -0.15) is 0 Å². The maximum absolute atomic E-state index is 6.41. The number of ether oxygens (including phenoxy) is 1. The summed E-state index contributed by atoms with van der Waals surface area (Å²) in [6.45, 7) is 6.55. The van der Waals surface area contributed by atoms with Crippen LogP contribution in [0.2, 0.25) is 0 Å². The Kier molecular flexibility index (Phi) is 8.30. The molecular formula is C30H36ClN3OS. The maximum atomic E-state index is 6.41. The molecule has 2 heterocycles. The van der Waals surface area contributed by atoms with Gasteiger partial charge < -0.3 is 14.5 Å². The second kappa shape index (κ2) is 11.8. The molecule has 190 valence electrons. The number of para-hydroxylation sites is 4. The topological polar surface area (TPSA) is 19.0 Å². The third-order valence-corrected chi connectivity index (χ3v) is 8.69. The van der Waals surface area contributed by atoms with Gasteiger partial charge in [0.25, 0.3) is 0 Å². The number of hydrogen-bond donors (Lipinski definition) is 0. The molecule has 0 aromatic heterocycles. The van der Waals surface area contributed by atoms with Gasteiger partial charge in [-0.05, 0) is 75.0 Å². The summed E-state index contributed by atoms with van der Waals surface area (Å²) in [4.78, 5) is 10.4. The smallest absolute Gasteiger partial charge is 0.143 e. The molecule has 0 amide bonds. The van der Waals surface area contributed by atoms with Crippen LogP contribution in [0.3, 0.4) is 0 Å². The van der Waals surface area contributed by atoms with E-state index in [0.717, 1.165) is 51.4 Å². The van der Waals surface area contributed by atoms with E-state index in [4.69, 9.17) is 4.74 Å². The number of hydrogen-bond acceptors (Lipinski definition) is 5. The molecule has 3 aromatic rings. The van der Waals surface area contributed by atoms with E-state index in [9.17, 15) is 0 Å². The molecule has 3 aliphatic rings. The van der Waals surface area contributed by atoms with E-state index in [1.807, 2.05) is 11.8 Å². The first-order valence-electron chi connectivity index (χ1n) is 13.2. The first kappa shape index (κ1) is 25.3. The molecule has 2 aliphatic heterocycles. The summed E-state index contributed by atoms with van der Waals surface area (Å²) in [6.07, 6.45) is 6.58. The first-order valence-corrected chi connectivity index (χ1v) is 14.0. The molecule has 3 aromatic carbocycles. The molecule has 6 rings (SSSR count). The second-order valence-corrected chi connectivity index (χ2v) is 10.9. The van der Waals surface area contributed by atoms with Gasteiger partial charge in [-0.3, -0.25) is 4.90 Å². The Bertz CT molecular complexity index is 1100. The molecule has 0 atom stereocenters. The predicted molar refractivity (Wildman–Crippen MR) is 154 cm³/mol. The summed E-state index contributed by atoms with van der Waals surface area (Å²) in [7, 11) is 0. The van der Waals surface area contributed by atoms with Crippen LogP contribution >= 0.6 is 24.2 Å². The first-order chi connectivity index (χ1) is 17.3. The average molecular weight is 522 g/mol. The van der Waals surface area contributed by atoms with Gasteiger partial charge >= 0.3 is 0 Å². The van der Waals surface area contributed by atoms with Gasteiger partial charge in [-0.25, -0.2) is 0 Å². The fraction of sp³-hybridized carbons (Fsp3) is 0.400. The van der Waals surface area contributed by atoms with Gasteiger partial charge in [0, 0.05) is 42.5 Å². The van der Waals surface area contributed by atoms with E-state index in [1.54, 1.807) is 0 Å². The Balaban J connectivity index is 0.00000267. The van der Waals surface area contributed by atoms with Crippen LogP contribution in [0.5, 0.6) is 5.75 Å². The largest absolute Gasteiger partial charge is 0.488 e. The van der Waals surface area contributed by atoms with Crippen molar-refractivity contribution in [1.29, 1.82) is 0 Å². The highest BCUT2D eigenvalue weighted by Crippen LogP contribution is 2.47. The van der Waals surface area contributed by atoms with Crippen LogP contribution in [-0.4, -0.2) is 50.3 Å². The Hall–Kier alpha value is -2.34. The summed E-state index contributed by atoms with van der Waals surface area (Å²) in [5.41, 5.74) is 3.97. The zero-order chi connectivity index (χ0) is 23.5. The van der Waals surface area contributed by atoms with Crippen LogP contribution in [0, 0.1) is 0 Å². The lowest BCUT2D eigenvalue weighted by atomic mass is 10.2. The molecule has 0 spiro atoms. The standard InChI is InChI=1S/C30H35N3OS.ClH/c1-2-11-24(10-1)34-28-15-6-3-12-25(28)32-22-20-31(21-23-32)18-9-19-33-26-13-4-7-16-29(26)35-30-17-8-5-14-27(30)33;/h3-8,12-17,24H,1-2,9-11,18-23H2;1H. The molecule has 0 unspecified atom stereocenters. The van der Waals surface area contributed by atoms with Gasteiger partial charge in [0.15, 0.2) is 0 Å². The molecule has 0 radical (unpaired) electrons. The van der Waals surface area contributed by atoms with E-state index in [0.29, 0.717) is 6.10 Å². The highest BCUT2D eigenvalue weighted by Gasteiger charge is 2.24. The van der Waals surface area contributed by atoms with E-state index < -0.39 is 0 Å². The molecule has 1 aliphatic carbocycles. The number of piperazine rings is 1. The maximum Gasteiger partial charge on any atom is 0.143 e.